The van der Waals surface area contributed by atoms with Gasteiger partial charge < -0.3 is 10.6 Å². The average molecular weight is 413 g/mol. The van der Waals surface area contributed by atoms with Crippen molar-refractivity contribution in [3.05, 3.63) is 39.9 Å². The van der Waals surface area contributed by atoms with E-state index in [2.05, 4.69) is 10.6 Å². The Morgan fingerprint density at radius 1 is 1.08 bits per heavy atom. The van der Waals surface area contributed by atoms with Crippen molar-refractivity contribution in [2.45, 2.75) is 41.2 Å². The predicted octanol–water partition coefficient (Wildman–Crippen LogP) is 2.50. The first kappa shape index (κ1) is 19.1. The number of thiophene rings is 2. The van der Waals surface area contributed by atoms with Crippen molar-refractivity contribution in [2.24, 2.45) is 0 Å². The van der Waals surface area contributed by atoms with Crippen LogP contribution in [0.1, 0.15) is 35.8 Å². The summed E-state index contributed by atoms with van der Waals surface area (Å²) < 4.78 is 26.1. The van der Waals surface area contributed by atoms with Crippen LogP contribution in [0.3, 0.4) is 0 Å². The van der Waals surface area contributed by atoms with Gasteiger partial charge in [0.2, 0.25) is 0 Å². The lowest BCUT2D eigenvalue weighted by molar-refractivity contribution is -0.139. The Balaban J connectivity index is 1.69. The highest BCUT2D eigenvalue weighted by molar-refractivity contribution is 7.93. The molecule has 2 N–H and O–H groups in total. The Bertz CT molecular complexity index is 839. The summed E-state index contributed by atoms with van der Waals surface area (Å²) in [7, 11) is -3.64. The lowest BCUT2D eigenvalue weighted by atomic mass is 10.2. The third kappa shape index (κ3) is 4.33. The first-order valence-corrected chi connectivity index (χ1v) is 11.7. The van der Waals surface area contributed by atoms with E-state index in [1.807, 2.05) is 0 Å². The molecule has 2 aromatic heterocycles. The van der Waals surface area contributed by atoms with Crippen LogP contribution in [0, 0.1) is 0 Å². The van der Waals surface area contributed by atoms with Gasteiger partial charge in [0.1, 0.15) is 9.46 Å². The molecule has 0 aliphatic heterocycles. The maximum atomic E-state index is 12.9. The first-order valence-electron chi connectivity index (χ1n) is 8.38. The molecule has 26 heavy (non-hydrogen) atoms. The second kappa shape index (κ2) is 8.32. The summed E-state index contributed by atoms with van der Waals surface area (Å²) in [4.78, 5) is 24.7. The maximum absolute atomic E-state index is 12.9. The van der Waals surface area contributed by atoms with Crippen LogP contribution in [-0.2, 0) is 19.4 Å². The third-order valence-corrected chi connectivity index (χ3v) is 9.00. The number of hydrogen-bond acceptors (Lipinski definition) is 6. The Morgan fingerprint density at radius 3 is 2.38 bits per heavy atom. The lowest BCUT2D eigenvalue weighted by Gasteiger charge is -2.17. The van der Waals surface area contributed by atoms with Gasteiger partial charge in [-0.15, -0.1) is 22.7 Å². The highest BCUT2D eigenvalue weighted by atomic mass is 32.2. The quantitative estimate of drug-likeness (QED) is 0.713. The molecule has 1 fully saturated rings. The van der Waals surface area contributed by atoms with Gasteiger partial charge >= 0.3 is 11.8 Å². The smallest absolute Gasteiger partial charge is 0.309 e. The number of carbonyl (C=O) groups is 2. The SMILES string of the molecule is O=C(NC[C@H](c1cccs1)S(=O)(=O)c1cccs1)C(=O)NC1CCCC1. The molecule has 0 radical (unpaired) electrons. The first-order chi connectivity index (χ1) is 12.5. The number of sulfone groups is 1. The van der Waals surface area contributed by atoms with Crippen LogP contribution in [0.4, 0.5) is 0 Å². The van der Waals surface area contributed by atoms with Gasteiger partial charge in [-0.05, 0) is 35.7 Å². The van der Waals surface area contributed by atoms with E-state index in [-0.39, 0.29) is 16.8 Å². The molecule has 1 aliphatic rings. The molecule has 1 aliphatic carbocycles. The van der Waals surface area contributed by atoms with Crippen LogP contribution in [-0.4, -0.2) is 32.8 Å². The molecule has 9 heteroatoms. The summed E-state index contributed by atoms with van der Waals surface area (Å²) >= 11 is 2.46. The minimum atomic E-state index is -3.64. The van der Waals surface area contributed by atoms with Crippen LogP contribution < -0.4 is 10.6 Å². The van der Waals surface area contributed by atoms with Gasteiger partial charge in [-0.3, -0.25) is 9.59 Å². The molecule has 2 amide bonds. The molecular formula is C17H20N2O4S3. The molecule has 6 nitrogen and oxygen atoms in total. The lowest BCUT2D eigenvalue weighted by Crippen LogP contribution is -2.45. The van der Waals surface area contributed by atoms with E-state index in [9.17, 15) is 18.0 Å². The summed E-state index contributed by atoms with van der Waals surface area (Å²) in [5.41, 5.74) is 0. The fourth-order valence-electron chi connectivity index (χ4n) is 2.99. The minimum Gasteiger partial charge on any atom is -0.346 e. The number of rotatable bonds is 6. The average Bonchev–Trinajstić information content (AvgIpc) is 3.37. The van der Waals surface area contributed by atoms with E-state index in [1.54, 1.807) is 35.0 Å². The fraction of sp³-hybridized carbons (Fsp3) is 0.412. The maximum Gasteiger partial charge on any atom is 0.309 e. The fourth-order valence-corrected chi connectivity index (χ4v) is 6.98. The van der Waals surface area contributed by atoms with E-state index in [0.29, 0.717) is 4.88 Å². The van der Waals surface area contributed by atoms with Crippen LogP contribution in [0.15, 0.2) is 39.2 Å². The van der Waals surface area contributed by atoms with E-state index in [1.165, 1.54) is 11.3 Å². The zero-order chi connectivity index (χ0) is 18.6. The number of carbonyl (C=O) groups excluding carboxylic acids is 2. The van der Waals surface area contributed by atoms with Crippen molar-refractivity contribution in [3.8, 4) is 0 Å². The monoisotopic (exact) mass is 412 g/mol. The van der Waals surface area contributed by atoms with Crippen molar-refractivity contribution in [1.82, 2.24) is 10.6 Å². The molecule has 140 valence electrons. The molecule has 0 spiro atoms. The number of hydrogen-bond donors (Lipinski definition) is 2. The summed E-state index contributed by atoms with van der Waals surface area (Å²) in [5.74, 6) is -1.49. The van der Waals surface area contributed by atoms with Crippen LogP contribution in [0.5, 0.6) is 0 Å². The molecule has 3 rings (SSSR count). The second-order valence-corrected chi connectivity index (χ2v) is 10.4. The van der Waals surface area contributed by atoms with Crippen LogP contribution in [0.25, 0.3) is 0 Å². The van der Waals surface area contributed by atoms with E-state index in [0.717, 1.165) is 37.0 Å². The number of nitrogens with one attached hydrogen (secondary N) is 2. The Hall–Kier alpha value is -1.71. The van der Waals surface area contributed by atoms with Crippen molar-refractivity contribution < 1.29 is 18.0 Å². The summed E-state index contributed by atoms with van der Waals surface area (Å²) in [6, 6.07) is 6.76. The Morgan fingerprint density at radius 2 is 1.77 bits per heavy atom. The van der Waals surface area contributed by atoms with Crippen molar-refractivity contribution in [2.75, 3.05) is 6.54 Å². The molecule has 1 atom stereocenters. The predicted molar refractivity (Wildman–Crippen MR) is 102 cm³/mol. The largest absolute Gasteiger partial charge is 0.346 e. The normalized spacial score (nSPS) is 16.3. The zero-order valence-electron chi connectivity index (χ0n) is 14.0. The standard InChI is InChI=1S/C17H20N2O4S3/c20-16(17(21)19-12-5-1-2-6-12)18-11-14(13-7-3-9-24-13)26(22,23)15-8-4-10-25-15/h3-4,7-10,12,14H,1-2,5-6,11H2,(H,18,20)(H,19,21)/t14-/m1/s1. The third-order valence-electron chi connectivity index (χ3n) is 4.36. The Kier molecular flexibility index (Phi) is 6.10. The van der Waals surface area contributed by atoms with Gasteiger partial charge in [0.25, 0.3) is 0 Å². The van der Waals surface area contributed by atoms with Gasteiger partial charge in [-0.25, -0.2) is 8.42 Å². The highest BCUT2D eigenvalue weighted by Gasteiger charge is 2.32. The van der Waals surface area contributed by atoms with Crippen LogP contribution in [0.2, 0.25) is 0 Å². The summed E-state index contributed by atoms with van der Waals surface area (Å²) in [5, 5.41) is 7.78. The van der Waals surface area contributed by atoms with Gasteiger partial charge in [0, 0.05) is 17.5 Å². The van der Waals surface area contributed by atoms with Gasteiger partial charge in [-0.1, -0.05) is 25.0 Å². The van der Waals surface area contributed by atoms with E-state index < -0.39 is 26.9 Å². The topological polar surface area (TPSA) is 92.3 Å². The Labute approximate surface area is 160 Å². The van der Waals surface area contributed by atoms with Crippen molar-refractivity contribution in [1.29, 1.82) is 0 Å². The van der Waals surface area contributed by atoms with Crippen molar-refractivity contribution in [3.63, 3.8) is 0 Å². The minimum absolute atomic E-state index is 0.0381. The molecule has 2 heterocycles. The molecular weight excluding hydrogens is 392 g/mol. The van der Waals surface area contributed by atoms with E-state index >= 15 is 0 Å². The summed E-state index contributed by atoms with van der Waals surface area (Å²) in [6.07, 6.45) is 3.85. The second-order valence-electron chi connectivity index (χ2n) is 6.15. The molecule has 0 unspecified atom stereocenters. The zero-order valence-corrected chi connectivity index (χ0v) is 16.5. The molecule has 2 aromatic rings. The van der Waals surface area contributed by atoms with E-state index in [4.69, 9.17) is 0 Å². The molecule has 0 aromatic carbocycles. The molecule has 0 bridgehead atoms. The highest BCUT2D eigenvalue weighted by Crippen LogP contribution is 2.33. The van der Waals surface area contributed by atoms with Crippen LogP contribution >= 0.6 is 22.7 Å². The van der Waals surface area contributed by atoms with Gasteiger partial charge in [-0.2, -0.15) is 0 Å². The molecule has 0 saturated heterocycles. The van der Waals surface area contributed by atoms with Gasteiger partial charge in [0.05, 0.1) is 0 Å². The number of amides is 2. The van der Waals surface area contributed by atoms with Crippen molar-refractivity contribution >= 4 is 44.3 Å². The summed E-state index contributed by atoms with van der Waals surface area (Å²) in [6.45, 7) is -0.141. The van der Waals surface area contributed by atoms with Gasteiger partial charge in [0.15, 0.2) is 9.84 Å². The molecule has 1 saturated carbocycles.